The van der Waals surface area contributed by atoms with Gasteiger partial charge >= 0.3 is 6.03 Å². The minimum atomic E-state index is 0.0878. The predicted molar refractivity (Wildman–Crippen MR) is 120 cm³/mol. The van der Waals surface area contributed by atoms with Crippen molar-refractivity contribution in [2.75, 3.05) is 13.1 Å². The third kappa shape index (κ3) is 4.50. The number of urea groups is 1. The van der Waals surface area contributed by atoms with Crippen molar-refractivity contribution in [2.45, 2.75) is 65.8 Å². The summed E-state index contributed by atoms with van der Waals surface area (Å²) in [5, 5.41) is 3.36. The van der Waals surface area contributed by atoms with Gasteiger partial charge in [0.2, 0.25) is 0 Å². The second-order valence-electron chi connectivity index (χ2n) is 9.95. The lowest BCUT2D eigenvalue weighted by molar-refractivity contribution is 0.192. The molecule has 2 heterocycles. The zero-order valence-electron chi connectivity index (χ0n) is 18.7. The van der Waals surface area contributed by atoms with Crippen molar-refractivity contribution >= 4 is 6.03 Å². The van der Waals surface area contributed by atoms with Crippen LogP contribution < -0.4 is 5.32 Å². The molecule has 1 N–H and O–H groups in total. The van der Waals surface area contributed by atoms with Gasteiger partial charge in [0.25, 0.3) is 0 Å². The minimum Gasteiger partial charge on any atom is -0.331 e. The van der Waals surface area contributed by atoms with Gasteiger partial charge in [0.15, 0.2) is 0 Å². The molecule has 2 aliphatic rings. The number of aromatic nitrogens is 2. The lowest BCUT2D eigenvalue weighted by Crippen LogP contribution is -2.41. The molecule has 0 bridgehead atoms. The molecule has 30 heavy (non-hydrogen) atoms. The Morgan fingerprint density at radius 2 is 2.00 bits per heavy atom. The zero-order chi connectivity index (χ0) is 21.3. The van der Waals surface area contributed by atoms with E-state index in [0.29, 0.717) is 5.92 Å². The molecule has 1 aliphatic heterocycles. The summed E-state index contributed by atoms with van der Waals surface area (Å²) in [6.45, 7) is 10.5. The van der Waals surface area contributed by atoms with Crippen LogP contribution in [0.3, 0.4) is 0 Å². The van der Waals surface area contributed by atoms with Gasteiger partial charge in [-0.25, -0.2) is 14.8 Å². The molecule has 0 saturated carbocycles. The molecule has 1 aromatic heterocycles. The second-order valence-corrected chi connectivity index (χ2v) is 9.95. The van der Waals surface area contributed by atoms with E-state index in [9.17, 15) is 4.79 Å². The van der Waals surface area contributed by atoms with Gasteiger partial charge in [0, 0.05) is 24.8 Å². The molecule has 1 saturated heterocycles. The topological polar surface area (TPSA) is 58.1 Å². The lowest BCUT2D eigenvalue weighted by Gasteiger charge is -2.28. The van der Waals surface area contributed by atoms with E-state index in [2.05, 4.69) is 54.3 Å². The number of likely N-dealkylation sites (tertiary alicyclic amines) is 1. The van der Waals surface area contributed by atoms with E-state index in [1.165, 1.54) is 11.1 Å². The summed E-state index contributed by atoms with van der Waals surface area (Å²) in [6, 6.07) is 8.73. The van der Waals surface area contributed by atoms with Crippen LogP contribution in [0.15, 0.2) is 30.5 Å². The number of carbonyl (C=O) groups is 1. The molecule has 5 nitrogen and oxygen atoms in total. The van der Waals surface area contributed by atoms with Crippen molar-refractivity contribution in [3.8, 4) is 11.3 Å². The van der Waals surface area contributed by atoms with Crippen LogP contribution in [0.2, 0.25) is 0 Å². The van der Waals surface area contributed by atoms with Crippen LogP contribution in [0.1, 0.15) is 69.4 Å². The van der Waals surface area contributed by atoms with E-state index in [-0.39, 0.29) is 17.5 Å². The summed E-state index contributed by atoms with van der Waals surface area (Å²) in [5.74, 6) is 1.36. The van der Waals surface area contributed by atoms with Crippen LogP contribution in [-0.4, -0.2) is 34.0 Å². The molecule has 0 spiro atoms. The Kier molecular flexibility index (Phi) is 5.81. The largest absolute Gasteiger partial charge is 0.331 e. The van der Waals surface area contributed by atoms with Gasteiger partial charge in [-0.05, 0) is 67.2 Å². The maximum Gasteiger partial charge on any atom is 0.317 e. The fraction of sp³-hybridized carbons (Fsp3) is 0.560. The molecule has 1 aliphatic carbocycles. The molecule has 2 amide bonds. The molecule has 2 aromatic rings. The summed E-state index contributed by atoms with van der Waals surface area (Å²) in [4.78, 5) is 23.8. The summed E-state index contributed by atoms with van der Waals surface area (Å²) < 4.78 is 0. The maximum atomic E-state index is 13.0. The van der Waals surface area contributed by atoms with E-state index in [1.54, 1.807) is 0 Å². The van der Waals surface area contributed by atoms with Crippen molar-refractivity contribution in [3.05, 3.63) is 47.4 Å². The highest BCUT2D eigenvalue weighted by Gasteiger charge is 2.34. The number of rotatable bonds is 2. The van der Waals surface area contributed by atoms with E-state index in [0.717, 1.165) is 62.3 Å². The van der Waals surface area contributed by atoms with Gasteiger partial charge < -0.3 is 10.2 Å². The minimum absolute atomic E-state index is 0.0878. The van der Waals surface area contributed by atoms with Crippen LogP contribution in [0.5, 0.6) is 0 Å². The Morgan fingerprint density at radius 3 is 2.73 bits per heavy atom. The van der Waals surface area contributed by atoms with Gasteiger partial charge in [-0.15, -0.1) is 0 Å². The Balaban J connectivity index is 1.51. The Hall–Kier alpha value is -2.43. The average molecular weight is 407 g/mol. The Labute approximate surface area is 180 Å². The predicted octanol–water partition coefficient (Wildman–Crippen LogP) is 5.30. The molecule has 0 radical (unpaired) electrons. The number of hydrogen-bond acceptors (Lipinski definition) is 3. The van der Waals surface area contributed by atoms with Crippen molar-refractivity contribution in [1.82, 2.24) is 20.2 Å². The molecule has 160 valence electrons. The number of hydrogen-bond donors (Lipinski definition) is 1. The van der Waals surface area contributed by atoms with Crippen molar-refractivity contribution in [1.29, 1.82) is 0 Å². The van der Waals surface area contributed by atoms with Crippen LogP contribution in [0.25, 0.3) is 11.3 Å². The molecule has 1 aromatic carbocycles. The van der Waals surface area contributed by atoms with Crippen LogP contribution in [0, 0.1) is 18.3 Å². The highest BCUT2D eigenvalue weighted by molar-refractivity contribution is 5.75. The molecule has 5 heteroatoms. The van der Waals surface area contributed by atoms with Gasteiger partial charge in [-0.3, -0.25) is 0 Å². The SMILES string of the molecule is Cc1nccc(-c2ccc3c(c2)CCCCC3NC(=O)N2CCC(C(C)(C)C)C2)n1. The van der Waals surface area contributed by atoms with E-state index < -0.39 is 0 Å². The first kappa shape index (κ1) is 20.8. The number of amides is 2. The van der Waals surface area contributed by atoms with Gasteiger partial charge in [0.1, 0.15) is 5.82 Å². The fourth-order valence-corrected chi connectivity index (χ4v) is 4.80. The number of benzene rings is 1. The van der Waals surface area contributed by atoms with Gasteiger partial charge in [-0.2, -0.15) is 0 Å². The monoisotopic (exact) mass is 406 g/mol. The first-order chi connectivity index (χ1) is 14.3. The molecule has 1 fully saturated rings. The number of carbonyl (C=O) groups excluding carboxylic acids is 1. The fourth-order valence-electron chi connectivity index (χ4n) is 4.80. The quantitative estimate of drug-likeness (QED) is 0.689. The van der Waals surface area contributed by atoms with Gasteiger partial charge in [0.05, 0.1) is 11.7 Å². The molecular weight excluding hydrogens is 372 g/mol. The maximum absolute atomic E-state index is 13.0. The first-order valence-electron chi connectivity index (χ1n) is 11.3. The molecular formula is C25H34N4O. The number of aryl methyl sites for hydroxylation is 2. The second kappa shape index (κ2) is 8.37. The molecule has 2 atom stereocenters. The zero-order valence-corrected chi connectivity index (χ0v) is 18.7. The first-order valence-corrected chi connectivity index (χ1v) is 11.3. The number of fused-ring (bicyclic) bond motifs is 1. The van der Waals surface area contributed by atoms with E-state index in [1.807, 2.05) is 24.1 Å². The molecule has 2 unspecified atom stereocenters. The number of nitrogens with one attached hydrogen (secondary N) is 1. The Morgan fingerprint density at radius 1 is 1.17 bits per heavy atom. The van der Waals surface area contributed by atoms with Gasteiger partial charge in [-0.1, -0.05) is 39.3 Å². The van der Waals surface area contributed by atoms with Crippen molar-refractivity contribution in [3.63, 3.8) is 0 Å². The third-order valence-electron chi connectivity index (χ3n) is 6.78. The van der Waals surface area contributed by atoms with Crippen molar-refractivity contribution in [2.24, 2.45) is 11.3 Å². The normalized spacial score (nSPS) is 21.8. The Bertz CT molecular complexity index is 918. The summed E-state index contributed by atoms with van der Waals surface area (Å²) in [5.41, 5.74) is 4.93. The van der Waals surface area contributed by atoms with Crippen LogP contribution in [0.4, 0.5) is 4.79 Å². The highest BCUT2D eigenvalue weighted by atomic mass is 16.2. The summed E-state index contributed by atoms with van der Waals surface area (Å²) >= 11 is 0. The highest BCUT2D eigenvalue weighted by Crippen LogP contribution is 2.35. The average Bonchev–Trinajstić information content (AvgIpc) is 3.13. The van der Waals surface area contributed by atoms with Crippen molar-refractivity contribution < 1.29 is 4.79 Å². The van der Waals surface area contributed by atoms with Crippen LogP contribution in [-0.2, 0) is 6.42 Å². The summed E-state index contributed by atoms with van der Waals surface area (Å²) in [7, 11) is 0. The number of nitrogens with zero attached hydrogens (tertiary/aromatic N) is 3. The third-order valence-corrected chi connectivity index (χ3v) is 6.78. The van der Waals surface area contributed by atoms with E-state index in [4.69, 9.17) is 0 Å². The van der Waals surface area contributed by atoms with Crippen LogP contribution >= 0.6 is 0 Å². The van der Waals surface area contributed by atoms with E-state index >= 15 is 0 Å². The lowest BCUT2D eigenvalue weighted by atomic mass is 9.80. The molecule has 4 rings (SSSR count). The summed E-state index contributed by atoms with van der Waals surface area (Å²) in [6.07, 6.45) is 7.25. The standard InChI is InChI=1S/C25H34N4O/c1-17-26-13-11-22(27-17)19-9-10-21-18(15-19)7-5-6-8-23(21)28-24(30)29-14-12-20(16-29)25(2,3)4/h9-11,13,15,20,23H,5-8,12,14,16H2,1-4H3,(H,28,30). The smallest absolute Gasteiger partial charge is 0.317 e.